The van der Waals surface area contributed by atoms with E-state index in [0.717, 1.165) is 0 Å². The van der Waals surface area contributed by atoms with Gasteiger partial charge in [0.05, 0.1) is 32.6 Å². The predicted octanol–water partition coefficient (Wildman–Crippen LogP) is 3.35. The van der Waals surface area contributed by atoms with Crippen LogP contribution < -0.4 is 5.32 Å². The van der Waals surface area contributed by atoms with Crippen LogP contribution in [0.3, 0.4) is 0 Å². The Balaban J connectivity index is 1.60. The van der Waals surface area contributed by atoms with Gasteiger partial charge in [-0.05, 0) is 25.1 Å². The molecule has 27 heavy (non-hydrogen) atoms. The van der Waals surface area contributed by atoms with Crippen LogP contribution >= 0.6 is 11.3 Å². The van der Waals surface area contributed by atoms with Gasteiger partial charge in [0.1, 0.15) is 0 Å². The molecule has 0 bridgehead atoms. The molecule has 134 valence electrons. The number of hydrogen-bond acceptors (Lipinski definition) is 7. The SMILES string of the molecule is Cc1c(C(=O)Nc2nc3ccc([N+](=O)[O-])cc3s2)cnn1-c1ccccn1. The first kappa shape index (κ1) is 16.8. The van der Waals surface area contributed by atoms with Crippen molar-refractivity contribution < 1.29 is 9.72 Å². The average Bonchev–Trinajstić information content (AvgIpc) is 3.24. The second-order valence-electron chi connectivity index (χ2n) is 5.63. The molecule has 0 aliphatic carbocycles. The van der Waals surface area contributed by atoms with Crippen molar-refractivity contribution in [2.24, 2.45) is 0 Å². The first-order valence-corrected chi connectivity index (χ1v) is 8.67. The van der Waals surface area contributed by atoms with Gasteiger partial charge in [-0.25, -0.2) is 14.6 Å². The molecule has 0 fully saturated rings. The molecule has 1 N–H and O–H groups in total. The normalized spacial score (nSPS) is 10.9. The fraction of sp³-hybridized carbons (Fsp3) is 0.0588. The number of pyridine rings is 1. The Morgan fingerprint density at radius 3 is 2.89 bits per heavy atom. The highest BCUT2D eigenvalue weighted by molar-refractivity contribution is 7.22. The highest BCUT2D eigenvalue weighted by Crippen LogP contribution is 2.29. The highest BCUT2D eigenvalue weighted by atomic mass is 32.1. The quantitative estimate of drug-likeness (QED) is 0.429. The van der Waals surface area contributed by atoms with E-state index in [0.29, 0.717) is 32.4 Å². The largest absolute Gasteiger partial charge is 0.298 e. The van der Waals surface area contributed by atoms with Gasteiger partial charge < -0.3 is 0 Å². The summed E-state index contributed by atoms with van der Waals surface area (Å²) in [5.74, 6) is 0.254. The van der Waals surface area contributed by atoms with E-state index in [4.69, 9.17) is 0 Å². The molecule has 4 aromatic rings. The summed E-state index contributed by atoms with van der Waals surface area (Å²) < 4.78 is 2.21. The second-order valence-corrected chi connectivity index (χ2v) is 6.66. The first-order valence-electron chi connectivity index (χ1n) is 7.85. The molecule has 0 atom stereocenters. The molecule has 10 heteroatoms. The molecule has 3 aromatic heterocycles. The highest BCUT2D eigenvalue weighted by Gasteiger charge is 2.18. The van der Waals surface area contributed by atoms with Crippen molar-refractivity contribution in [1.82, 2.24) is 19.7 Å². The van der Waals surface area contributed by atoms with Crippen molar-refractivity contribution in [2.75, 3.05) is 5.32 Å². The fourth-order valence-corrected chi connectivity index (χ4v) is 3.48. The number of non-ortho nitro benzene ring substituents is 1. The number of hydrogen-bond donors (Lipinski definition) is 1. The van der Waals surface area contributed by atoms with E-state index in [2.05, 4.69) is 20.4 Å². The molecule has 9 nitrogen and oxygen atoms in total. The molecule has 0 radical (unpaired) electrons. The maximum atomic E-state index is 12.6. The van der Waals surface area contributed by atoms with Gasteiger partial charge in [0.2, 0.25) is 0 Å². The summed E-state index contributed by atoms with van der Waals surface area (Å²) in [5.41, 5.74) is 1.60. The Morgan fingerprint density at radius 1 is 1.30 bits per heavy atom. The van der Waals surface area contributed by atoms with Crippen LogP contribution in [-0.4, -0.2) is 30.6 Å². The Kier molecular flexibility index (Phi) is 4.09. The van der Waals surface area contributed by atoms with E-state index in [-0.39, 0.29) is 11.6 Å². The lowest BCUT2D eigenvalue weighted by molar-refractivity contribution is -0.384. The number of benzene rings is 1. The van der Waals surface area contributed by atoms with Crippen molar-refractivity contribution in [3.63, 3.8) is 0 Å². The van der Waals surface area contributed by atoms with Gasteiger partial charge in [0.15, 0.2) is 10.9 Å². The molecule has 0 saturated heterocycles. The number of amides is 1. The van der Waals surface area contributed by atoms with Gasteiger partial charge in [-0.3, -0.25) is 20.2 Å². The molecule has 4 rings (SSSR count). The number of nitro benzene ring substituents is 1. The van der Waals surface area contributed by atoms with Crippen LogP contribution in [0.1, 0.15) is 16.1 Å². The zero-order valence-electron chi connectivity index (χ0n) is 14.0. The third-order valence-electron chi connectivity index (χ3n) is 3.92. The number of aromatic nitrogens is 4. The minimum absolute atomic E-state index is 0.0171. The maximum Gasteiger partial charge on any atom is 0.270 e. The van der Waals surface area contributed by atoms with Crippen molar-refractivity contribution in [1.29, 1.82) is 0 Å². The molecular weight excluding hydrogens is 368 g/mol. The van der Waals surface area contributed by atoms with Crippen LogP contribution in [0.2, 0.25) is 0 Å². The van der Waals surface area contributed by atoms with Crippen LogP contribution in [-0.2, 0) is 0 Å². The minimum atomic E-state index is -0.465. The third kappa shape index (κ3) is 3.13. The van der Waals surface area contributed by atoms with Crippen molar-refractivity contribution in [3.8, 4) is 5.82 Å². The lowest BCUT2D eigenvalue weighted by atomic mass is 10.2. The van der Waals surface area contributed by atoms with E-state index in [9.17, 15) is 14.9 Å². The van der Waals surface area contributed by atoms with Gasteiger partial charge in [-0.2, -0.15) is 5.10 Å². The van der Waals surface area contributed by atoms with Gasteiger partial charge >= 0.3 is 0 Å². The van der Waals surface area contributed by atoms with Gasteiger partial charge in [-0.1, -0.05) is 17.4 Å². The topological polar surface area (TPSA) is 116 Å². The molecule has 0 aliphatic rings. The van der Waals surface area contributed by atoms with E-state index in [1.807, 2.05) is 6.07 Å². The standard InChI is InChI=1S/C17H12N6O3S/c1-10-12(9-19-22(10)15-4-2-3-7-18-15)16(24)21-17-20-13-6-5-11(23(25)26)8-14(13)27-17/h2-9H,1H3,(H,20,21,24). The number of thiazole rings is 1. The molecule has 0 spiro atoms. The number of fused-ring (bicyclic) bond motifs is 1. The zero-order valence-corrected chi connectivity index (χ0v) is 14.8. The lowest BCUT2D eigenvalue weighted by Crippen LogP contribution is -2.13. The number of rotatable bonds is 4. The Bertz CT molecular complexity index is 1170. The Morgan fingerprint density at radius 2 is 2.15 bits per heavy atom. The molecule has 3 heterocycles. The van der Waals surface area contributed by atoms with Crippen molar-refractivity contribution in [3.05, 3.63) is 70.2 Å². The third-order valence-corrected chi connectivity index (χ3v) is 4.86. The number of carbonyl (C=O) groups excluding carboxylic acids is 1. The summed E-state index contributed by atoms with van der Waals surface area (Å²) >= 11 is 1.17. The van der Waals surface area contributed by atoms with Crippen LogP contribution in [0.5, 0.6) is 0 Å². The van der Waals surface area contributed by atoms with Gasteiger partial charge in [0.25, 0.3) is 11.6 Å². The molecule has 0 aliphatic heterocycles. The molecule has 0 unspecified atom stereocenters. The van der Waals surface area contributed by atoms with E-state index >= 15 is 0 Å². The predicted molar refractivity (Wildman–Crippen MR) is 100 cm³/mol. The zero-order chi connectivity index (χ0) is 19.0. The number of anilines is 1. The number of carbonyl (C=O) groups is 1. The van der Waals surface area contributed by atoms with Crippen molar-refractivity contribution >= 4 is 38.3 Å². The fourth-order valence-electron chi connectivity index (χ4n) is 2.59. The van der Waals surface area contributed by atoms with Gasteiger partial charge in [0, 0.05) is 18.3 Å². The summed E-state index contributed by atoms with van der Waals surface area (Å²) in [6.45, 7) is 1.78. The van der Waals surface area contributed by atoms with Gasteiger partial charge in [-0.15, -0.1) is 0 Å². The maximum absolute atomic E-state index is 12.6. The molecule has 1 amide bonds. The Labute approximate surface area is 156 Å². The summed E-state index contributed by atoms with van der Waals surface area (Å²) in [6.07, 6.45) is 3.12. The second kappa shape index (κ2) is 6.57. The van der Waals surface area contributed by atoms with Crippen LogP contribution in [0.25, 0.3) is 16.0 Å². The smallest absolute Gasteiger partial charge is 0.270 e. The first-order chi connectivity index (χ1) is 13.0. The number of nitrogens with one attached hydrogen (secondary N) is 1. The number of nitrogens with zero attached hydrogens (tertiary/aromatic N) is 5. The summed E-state index contributed by atoms with van der Waals surface area (Å²) in [7, 11) is 0. The summed E-state index contributed by atoms with van der Waals surface area (Å²) in [6, 6.07) is 9.81. The average molecular weight is 380 g/mol. The lowest BCUT2D eigenvalue weighted by Gasteiger charge is -2.04. The van der Waals surface area contributed by atoms with Crippen LogP contribution in [0.4, 0.5) is 10.8 Å². The number of nitro groups is 1. The molecule has 1 aromatic carbocycles. The summed E-state index contributed by atoms with van der Waals surface area (Å²) in [5, 5.41) is 18.2. The van der Waals surface area contributed by atoms with E-state index in [1.54, 1.807) is 36.0 Å². The van der Waals surface area contributed by atoms with E-state index < -0.39 is 4.92 Å². The minimum Gasteiger partial charge on any atom is -0.298 e. The summed E-state index contributed by atoms with van der Waals surface area (Å²) in [4.78, 5) is 31.5. The Hall–Kier alpha value is -3.66. The molecule has 0 saturated carbocycles. The van der Waals surface area contributed by atoms with Crippen LogP contribution in [0.15, 0.2) is 48.8 Å². The molecular formula is C17H12N6O3S. The monoisotopic (exact) mass is 380 g/mol. The van der Waals surface area contributed by atoms with Crippen molar-refractivity contribution in [2.45, 2.75) is 6.92 Å². The van der Waals surface area contributed by atoms with Crippen LogP contribution in [0, 0.1) is 17.0 Å². The van der Waals surface area contributed by atoms with E-state index in [1.165, 1.54) is 29.7 Å².